The van der Waals surface area contributed by atoms with Gasteiger partial charge in [0, 0.05) is 12.2 Å². The highest BCUT2D eigenvalue weighted by molar-refractivity contribution is 6.40. The van der Waals surface area contributed by atoms with Gasteiger partial charge in [-0.05, 0) is 12.5 Å². The second kappa shape index (κ2) is 7.66. The molecule has 0 amide bonds. The largest absolute Gasteiger partial charge is 0.496 e. The minimum Gasteiger partial charge on any atom is -0.496 e. The van der Waals surface area contributed by atoms with Crippen LogP contribution in [0.1, 0.15) is 15.9 Å². The maximum atomic E-state index is 13.6. The molecule has 1 aromatic carbocycles. The van der Waals surface area contributed by atoms with Crippen LogP contribution in [-0.4, -0.2) is 55.0 Å². The molecule has 0 fully saturated rings. The lowest BCUT2D eigenvalue weighted by Gasteiger charge is -2.31. The number of hydrogen-bond donors (Lipinski definition) is 1. The number of allylic oxidation sites excluding steroid dienone is 2. The first-order chi connectivity index (χ1) is 14.1. The van der Waals surface area contributed by atoms with Crippen LogP contribution in [0.25, 0.3) is 0 Å². The molecule has 2 aliphatic rings. The van der Waals surface area contributed by atoms with Gasteiger partial charge in [-0.1, -0.05) is 23.2 Å². The number of carboxylic acid groups (broad SMARTS) is 1. The van der Waals surface area contributed by atoms with Crippen LogP contribution in [0.5, 0.6) is 11.5 Å². The van der Waals surface area contributed by atoms with Crippen LogP contribution in [0.15, 0.2) is 23.5 Å². The minimum absolute atomic E-state index is 0.0560. The van der Waals surface area contributed by atoms with Crippen molar-refractivity contribution in [2.24, 2.45) is 0 Å². The minimum atomic E-state index is -2.22. The molecule has 1 aliphatic carbocycles. The van der Waals surface area contributed by atoms with Crippen LogP contribution in [0.4, 0.5) is 0 Å². The number of benzene rings is 1. The first-order valence-corrected chi connectivity index (χ1v) is 9.06. The van der Waals surface area contributed by atoms with Gasteiger partial charge < -0.3 is 24.1 Å². The lowest BCUT2D eigenvalue weighted by atomic mass is 9.81. The number of halogens is 2. The van der Waals surface area contributed by atoms with E-state index in [0.29, 0.717) is 0 Å². The van der Waals surface area contributed by atoms with Crippen LogP contribution in [0.3, 0.4) is 0 Å². The normalized spacial score (nSPS) is 19.6. The van der Waals surface area contributed by atoms with Crippen molar-refractivity contribution in [3.63, 3.8) is 0 Å². The van der Waals surface area contributed by atoms with E-state index in [4.69, 9.17) is 47.3 Å². The Morgan fingerprint density at radius 2 is 1.83 bits per heavy atom. The molecule has 11 heteroatoms. The fourth-order valence-electron chi connectivity index (χ4n) is 3.21. The van der Waals surface area contributed by atoms with Gasteiger partial charge in [0.2, 0.25) is 5.78 Å². The van der Waals surface area contributed by atoms with Gasteiger partial charge in [0.25, 0.3) is 5.60 Å². The number of esters is 1. The quantitative estimate of drug-likeness (QED) is 0.663. The fourth-order valence-corrected chi connectivity index (χ4v) is 3.73. The van der Waals surface area contributed by atoms with Crippen molar-refractivity contribution in [2.75, 3.05) is 20.8 Å². The van der Waals surface area contributed by atoms with E-state index in [1.807, 2.05) is 0 Å². The zero-order chi connectivity index (χ0) is 22.4. The van der Waals surface area contributed by atoms with Crippen molar-refractivity contribution in [2.45, 2.75) is 12.5 Å². The number of rotatable bonds is 5. The molecule has 0 bridgehead atoms. The molecule has 0 saturated heterocycles. The Hall–Kier alpha value is -3.04. The number of carbonyl (C=O) groups excluding carboxylic acids is 3. The molecular formula is C19H14Cl2O9. The predicted molar refractivity (Wildman–Crippen MR) is 102 cm³/mol. The van der Waals surface area contributed by atoms with Gasteiger partial charge >= 0.3 is 11.9 Å². The Balaban J connectivity index is 2.31. The van der Waals surface area contributed by atoms with Gasteiger partial charge in [0.15, 0.2) is 29.6 Å². The summed E-state index contributed by atoms with van der Waals surface area (Å²) in [5.74, 6) is -4.62. The van der Waals surface area contributed by atoms with E-state index in [-0.39, 0.29) is 38.4 Å². The Morgan fingerprint density at radius 1 is 1.17 bits per heavy atom. The number of hydrogen-bond acceptors (Lipinski definition) is 8. The number of carbonyl (C=O) groups is 4. The predicted octanol–water partition coefficient (Wildman–Crippen LogP) is 2.29. The summed E-state index contributed by atoms with van der Waals surface area (Å²) in [4.78, 5) is 49.1. The molecule has 1 aromatic rings. The van der Waals surface area contributed by atoms with E-state index in [1.54, 1.807) is 0 Å². The molecule has 30 heavy (non-hydrogen) atoms. The standard InChI is InChI=1S/C19H14Cl2O9/c1-7-13(20)15(29-6-11(23)24)12-16(14(7)21)30-19(17(12)25)9(18(26)28-3)4-8(22)5-10(19)27-2/h4-5H,6H2,1-3H3,(H,23,24)/t19-/m0/s1. The highest BCUT2D eigenvalue weighted by Crippen LogP contribution is 2.54. The van der Waals surface area contributed by atoms with E-state index < -0.39 is 41.3 Å². The molecule has 1 atom stereocenters. The molecule has 1 N–H and O–H groups in total. The van der Waals surface area contributed by atoms with E-state index in [2.05, 4.69) is 0 Å². The van der Waals surface area contributed by atoms with E-state index >= 15 is 0 Å². The number of ether oxygens (including phenoxy) is 4. The number of Topliss-reactive ketones (excluding diaryl/α,β-unsaturated/α-hetero) is 1. The summed E-state index contributed by atoms with van der Waals surface area (Å²) in [6.45, 7) is 0.699. The summed E-state index contributed by atoms with van der Waals surface area (Å²) in [6.07, 6.45) is 1.87. The van der Waals surface area contributed by atoms with E-state index in [9.17, 15) is 19.2 Å². The molecule has 1 heterocycles. The van der Waals surface area contributed by atoms with Crippen LogP contribution in [-0.2, 0) is 23.9 Å². The van der Waals surface area contributed by atoms with Gasteiger partial charge in [-0.25, -0.2) is 9.59 Å². The Labute approximate surface area is 179 Å². The number of ketones is 2. The highest BCUT2D eigenvalue weighted by atomic mass is 35.5. The molecule has 0 aromatic heterocycles. The summed E-state index contributed by atoms with van der Waals surface area (Å²) in [6, 6.07) is 0. The third-order valence-electron chi connectivity index (χ3n) is 4.56. The van der Waals surface area contributed by atoms with Gasteiger partial charge in [-0.3, -0.25) is 9.59 Å². The molecule has 158 valence electrons. The molecular weight excluding hydrogens is 443 g/mol. The molecule has 0 unspecified atom stereocenters. The lowest BCUT2D eigenvalue weighted by molar-refractivity contribution is -0.139. The first-order valence-electron chi connectivity index (χ1n) is 8.30. The van der Waals surface area contributed by atoms with Crippen molar-refractivity contribution in [1.29, 1.82) is 0 Å². The van der Waals surface area contributed by atoms with Crippen LogP contribution in [0.2, 0.25) is 10.0 Å². The third kappa shape index (κ3) is 3.01. The average molecular weight is 457 g/mol. The molecule has 1 spiro atoms. The molecule has 0 radical (unpaired) electrons. The van der Waals surface area contributed by atoms with Gasteiger partial charge in [-0.15, -0.1) is 0 Å². The average Bonchev–Trinajstić information content (AvgIpc) is 3.01. The molecule has 9 nitrogen and oxygen atoms in total. The Bertz CT molecular complexity index is 1070. The zero-order valence-corrected chi connectivity index (χ0v) is 17.3. The summed E-state index contributed by atoms with van der Waals surface area (Å²) in [5, 5.41) is 8.79. The van der Waals surface area contributed by atoms with Crippen molar-refractivity contribution >= 4 is 46.7 Å². The Morgan fingerprint density at radius 3 is 2.40 bits per heavy atom. The number of methoxy groups -OCH3 is 2. The topological polar surface area (TPSA) is 125 Å². The fraction of sp³-hybridized carbons (Fsp3) is 0.263. The van der Waals surface area contributed by atoms with Crippen LogP contribution in [0, 0.1) is 6.92 Å². The van der Waals surface area contributed by atoms with Crippen molar-refractivity contribution in [1.82, 2.24) is 0 Å². The van der Waals surface area contributed by atoms with Crippen LogP contribution < -0.4 is 9.47 Å². The van der Waals surface area contributed by atoms with E-state index in [1.165, 1.54) is 14.0 Å². The summed E-state index contributed by atoms with van der Waals surface area (Å²) in [7, 11) is 2.25. The second-order valence-electron chi connectivity index (χ2n) is 6.25. The zero-order valence-electron chi connectivity index (χ0n) is 15.8. The molecule has 0 saturated carbocycles. The van der Waals surface area contributed by atoms with Gasteiger partial charge in [0.1, 0.15) is 11.1 Å². The van der Waals surface area contributed by atoms with Crippen molar-refractivity contribution in [3.05, 3.63) is 44.7 Å². The lowest BCUT2D eigenvalue weighted by Crippen LogP contribution is -2.49. The summed E-state index contributed by atoms with van der Waals surface area (Å²) in [5.41, 5.74) is -2.70. The Kier molecular flexibility index (Phi) is 5.53. The number of fused-ring (bicyclic) bond motifs is 1. The molecule has 1 aliphatic heterocycles. The maximum Gasteiger partial charge on any atom is 0.341 e. The molecule has 3 rings (SSSR count). The maximum absolute atomic E-state index is 13.6. The smallest absolute Gasteiger partial charge is 0.341 e. The third-order valence-corrected chi connectivity index (χ3v) is 5.47. The second-order valence-corrected chi connectivity index (χ2v) is 7.00. The van der Waals surface area contributed by atoms with Crippen molar-refractivity contribution < 1.29 is 43.2 Å². The number of aliphatic carboxylic acids is 1. The van der Waals surface area contributed by atoms with Crippen LogP contribution >= 0.6 is 23.2 Å². The highest BCUT2D eigenvalue weighted by Gasteiger charge is 2.61. The van der Waals surface area contributed by atoms with Gasteiger partial charge in [-0.2, -0.15) is 0 Å². The first kappa shape index (κ1) is 21.7. The van der Waals surface area contributed by atoms with Crippen molar-refractivity contribution in [3.8, 4) is 11.5 Å². The SMILES string of the molecule is COC(=O)C1=CC(=O)C=C(OC)[C@@]12Oc1c(Cl)c(C)c(Cl)c(OCC(=O)O)c1C2=O. The van der Waals surface area contributed by atoms with Gasteiger partial charge in [0.05, 0.1) is 24.3 Å². The number of carboxylic acids is 1. The van der Waals surface area contributed by atoms with E-state index in [0.717, 1.165) is 19.3 Å². The monoisotopic (exact) mass is 456 g/mol. The summed E-state index contributed by atoms with van der Waals surface area (Å²) < 4.78 is 21.0. The summed E-state index contributed by atoms with van der Waals surface area (Å²) >= 11 is 12.6.